The predicted octanol–water partition coefficient (Wildman–Crippen LogP) is 0.433. The van der Waals surface area contributed by atoms with Crippen LogP contribution < -0.4 is 0 Å². The second-order valence-corrected chi connectivity index (χ2v) is 4.79. The van der Waals surface area contributed by atoms with Crippen LogP contribution in [0, 0.1) is 11.8 Å². The van der Waals surface area contributed by atoms with Crippen LogP contribution >= 0.6 is 0 Å². The Morgan fingerprint density at radius 3 is 2.71 bits per heavy atom. The summed E-state index contributed by atoms with van der Waals surface area (Å²) >= 11 is 0. The largest absolute Gasteiger partial charge is 0.467 e. The molecule has 0 N–H and O–H groups in total. The molecule has 2 aliphatic rings. The van der Waals surface area contributed by atoms with E-state index < -0.39 is 12.1 Å². The Bertz CT molecular complexity index is 314. The van der Waals surface area contributed by atoms with Gasteiger partial charge in [0.2, 0.25) is 5.91 Å². The van der Waals surface area contributed by atoms with Crippen molar-refractivity contribution < 1.29 is 19.1 Å². The van der Waals surface area contributed by atoms with Crippen LogP contribution in [0.15, 0.2) is 0 Å². The first kappa shape index (κ1) is 12.4. The zero-order valence-corrected chi connectivity index (χ0v) is 10.3. The molecule has 5 nitrogen and oxygen atoms in total. The summed E-state index contributed by atoms with van der Waals surface area (Å²) in [7, 11) is 1.33. The molecule has 0 radical (unpaired) electrons. The Hall–Kier alpha value is -1.10. The van der Waals surface area contributed by atoms with E-state index in [0.29, 0.717) is 25.6 Å². The average Bonchev–Trinajstić information content (AvgIpc) is 3.20. The number of ether oxygens (including phenoxy) is 2. The molecule has 2 unspecified atom stereocenters. The van der Waals surface area contributed by atoms with E-state index in [1.807, 2.05) is 6.92 Å². The van der Waals surface area contributed by atoms with Gasteiger partial charge in [0.15, 0.2) is 6.10 Å². The van der Waals surface area contributed by atoms with Gasteiger partial charge in [0.1, 0.15) is 0 Å². The second kappa shape index (κ2) is 5.04. The highest BCUT2D eigenvalue weighted by atomic mass is 16.6. The van der Waals surface area contributed by atoms with Gasteiger partial charge in [0.25, 0.3) is 0 Å². The van der Waals surface area contributed by atoms with Crippen LogP contribution in [0.5, 0.6) is 0 Å². The summed E-state index contributed by atoms with van der Waals surface area (Å²) in [6.07, 6.45) is 1.68. The maximum atomic E-state index is 12.2. The summed E-state index contributed by atoms with van der Waals surface area (Å²) in [6, 6.07) is 0. The normalized spacial score (nSPS) is 26.5. The molecule has 0 aromatic rings. The maximum absolute atomic E-state index is 12.2. The first-order chi connectivity index (χ1) is 8.13. The maximum Gasteiger partial charge on any atom is 0.336 e. The van der Waals surface area contributed by atoms with E-state index in [2.05, 4.69) is 4.74 Å². The van der Waals surface area contributed by atoms with Crippen molar-refractivity contribution in [1.29, 1.82) is 0 Å². The number of esters is 1. The molecule has 1 saturated heterocycles. The van der Waals surface area contributed by atoms with Gasteiger partial charge >= 0.3 is 5.97 Å². The average molecular weight is 241 g/mol. The van der Waals surface area contributed by atoms with Crippen molar-refractivity contribution in [3.8, 4) is 0 Å². The summed E-state index contributed by atoms with van der Waals surface area (Å²) in [5.74, 6) is 0.361. The molecule has 1 aliphatic carbocycles. The Morgan fingerprint density at radius 1 is 1.41 bits per heavy atom. The summed E-state index contributed by atoms with van der Waals surface area (Å²) in [5, 5.41) is 0. The molecule has 1 heterocycles. The van der Waals surface area contributed by atoms with Gasteiger partial charge in [-0.3, -0.25) is 4.79 Å². The zero-order chi connectivity index (χ0) is 12.4. The number of hydrogen-bond donors (Lipinski definition) is 0. The van der Waals surface area contributed by atoms with Crippen molar-refractivity contribution in [3.05, 3.63) is 0 Å². The lowest BCUT2D eigenvalue weighted by Gasteiger charge is -2.33. The number of hydrogen-bond acceptors (Lipinski definition) is 4. The lowest BCUT2D eigenvalue weighted by molar-refractivity contribution is -0.163. The van der Waals surface area contributed by atoms with Crippen LogP contribution in [-0.4, -0.2) is 49.7 Å². The molecule has 96 valence electrons. The molecule has 1 amide bonds. The van der Waals surface area contributed by atoms with E-state index in [4.69, 9.17) is 4.74 Å². The summed E-state index contributed by atoms with van der Waals surface area (Å²) in [5.41, 5.74) is 0. The molecule has 5 heteroatoms. The molecule has 0 spiro atoms. The van der Waals surface area contributed by atoms with E-state index in [0.717, 1.165) is 12.8 Å². The van der Waals surface area contributed by atoms with E-state index in [9.17, 15) is 9.59 Å². The Balaban J connectivity index is 1.91. The molecule has 0 aromatic carbocycles. The van der Waals surface area contributed by atoms with Crippen molar-refractivity contribution in [3.63, 3.8) is 0 Å². The van der Waals surface area contributed by atoms with E-state index in [1.165, 1.54) is 7.11 Å². The fourth-order valence-electron chi connectivity index (χ4n) is 2.21. The van der Waals surface area contributed by atoms with Crippen LogP contribution in [0.2, 0.25) is 0 Å². The molecule has 2 fully saturated rings. The third-order valence-electron chi connectivity index (χ3n) is 3.56. The fourth-order valence-corrected chi connectivity index (χ4v) is 2.21. The van der Waals surface area contributed by atoms with Crippen molar-refractivity contribution in [2.45, 2.75) is 25.9 Å². The highest BCUT2D eigenvalue weighted by Crippen LogP contribution is 2.37. The minimum atomic E-state index is -0.621. The monoisotopic (exact) mass is 241 g/mol. The number of morpholine rings is 1. The number of methoxy groups -OCH3 is 1. The summed E-state index contributed by atoms with van der Waals surface area (Å²) in [4.78, 5) is 25.3. The van der Waals surface area contributed by atoms with Gasteiger partial charge in [-0.05, 0) is 18.8 Å². The number of carbonyl (C=O) groups excluding carboxylic acids is 2. The van der Waals surface area contributed by atoms with Crippen molar-refractivity contribution in [1.82, 2.24) is 4.90 Å². The van der Waals surface area contributed by atoms with Gasteiger partial charge in [-0.15, -0.1) is 0 Å². The van der Waals surface area contributed by atoms with Crippen LogP contribution in [0.4, 0.5) is 0 Å². The second-order valence-electron chi connectivity index (χ2n) is 4.79. The van der Waals surface area contributed by atoms with Crippen LogP contribution in [0.3, 0.4) is 0 Å². The Labute approximate surface area is 101 Å². The van der Waals surface area contributed by atoms with Gasteiger partial charge in [-0.2, -0.15) is 0 Å². The molecule has 1 saturated carbocycles. The number of nitrogens with zero attached hydrogens (tertiary/aromatic N) is 1. The molecule has 0 bridgehead atoms. The van der Waals surface area contributed by atoms with Gasteiger partial charge in [-0.1, -0.05) is 6.92 Å². The molecule has 0 aromatic heterocycles. The smallest absolute Gasteiger partial charge is 0.336 e. The van der Waals surface area contributed by atoms with E-state index >= 15 is 0 Å². The number of carbonyl (C=O) groups is 2. The standard InChI is InChI=1S/C12H19NO4/c1-8(9-3-4-9)11(14)13-5-6-17-10(7-13)12(15)16-2/h8-10H,3-7H2,1-2H3. The lowest BCUT2D eigenvalue weighted by Crippen LogP contribution is -2.50. The molecular formula is C12H19NO4. The molecule has 2 atom stereocenters. The topological polar surface area (TPSA) is 55.8 Å². The zero-order valence-electron chi connectivity index (χ0n) is 10.3. The predicted molar refractivity (Wildman–Crippen MR) is 60.2 cm³/mol. The Kier molecular flexibility index (Phi) is 3.66. The van der Waals surface area contributed by atoms with Gasteiger partial charge in [-0.25, -0.2) is 4.79 Å². The first-order valence-corrected chi connectivity index (χ1v) is 6.11. The van der Waals surface area contributed by atoms with Crippen molar-refractivity contribution in [2.24, 2.45) is 11.8 Å². The molecule has 1 aliphatic heterocycles. The van der Waals surface area contributed by atoms with Gasteiger partial charge in [0.05, 0.1) is 20.3 Å². The highest BCUT2D eigenvalue weighted by molar-refractivity contribution is 5.81. The van der Waals surface area contributed by atoms with Gasteiger partial charge < -0.3 is 14.4 Å². The van der Waals surface area contributed by atoms with E-state index in [-0.39, 0.29) is 11.8 Å². The van der Waals surface area contributed by atoms with E-state index in [1.54, 1.807) is 4.90 Å². The molecule has 2 rings (SSSR count). The fraction of sp³-hybridized carbons (Fsp3) is 0.833. The third-order valence-corrected chi connectivity index (χ3v) is 3.56. The van der Waals surface area contributed by atoms with Crippen LogP contribution in [0.1, 0.15) is 19.8 Å². The van der Waals surface area contributed by atoms with Crippen molar-refractivity contribution >= 4 is 11.9 Å². The highest BCUT2D eigenvalue weighted by Gasteiger charge is 2.37. The summed E-state index contributed by atoms with van der Waals surface area (Å²) < 4.78 is 9.93. The SMILES string of the molecule is COC(=O)C1CN(C(=O)C(C)C2CC2)CCO1. The third kappa shape index (κ3) is 2.77. The lowest BCUT2D eigenvalue weighted by atomic mass is 10.0. The minimum absolute atomic E-state index is 0.0754. The van der Waals surface area contributed by atoms with Gasteiger partial charge in [0, 0.05) is 12.5 Å². The first-order valence-electron chi connectivity index (χ1n) is 6.11. The van der Waals surface area contributed by atoms with Crippen LogP contribution in [-0.2, 0) is 19.1 Å². The molecule has 17 heavy (non-hydrogen) atoms. The number of amides is 1. The van der Waals surface area contributed by atoms with Crippen LogP contribution in [0.25, 0.3) is 0 Å². The summed E-state index contributed by atoms with van der Waals surface area (Å²) in [6.45, 7) is 3.28. The Morgan fingerprint density at radius 2 is 2.12 bits per heavy atom. The minimum Gasteiger partial charge on any atom is -0.467 e. The molecular weight excluding hydrogens is 222 g/mol. The van der Waals surface area contributed by atoms with Crippen molar-refractivity contribution in [2.75, 3.05) is 26.8 Å². The quantitative estimate of drug-likeness (QED) is 0.672. The number of rotatable bonds is 3.